The second-order valence-corrected chi connectivity index (χ2v) is 5.67. The summed E-state index contributed by atoms with van der Waals surface area (Å²) < 4.78 is 24.8. The predicted molar refractivity (Wildman–Crippen MR) is 54.6 cm³/mol. The second-order valence-electron chi connectivity index (χ2n) is 2.58. The molecule has 0 aromatic rings. The maximum Gasteiger partial charge on any atom is 0.508 e. The van der Waals surface area contributed by atoms with Crippen molar-refractivity contribution in [2.45, 2.75) is 13.0 Å². The van der Waals surface area contributed by atoms with Gasteiger partial charge in [-0.2, -0.15) is 0 Å². The number of hydrogen-bond donors (Lipinski definition) is 0. The Morgan fingerprint density at radius 1 is 1.07 bits per heavy atom. The molecular formula is C8H18O6Si. The second kappa shape index (κ2) is 7.63. The van der Waals surface area contributed by atoms with Gasteiger partial charge in [0.25, 0.3) is 0 Å². The number of hydrogen-bond acceptors (Lipinski definition) is 6. The van der Waals surface area contributed by atoms with Gasteiger partial charge in [0.2, 0.25) is 0 Å². The first kappa shape index (κ1) is 14.4. The van der Waals surface area contributed by atoms with E-state index in [0.717, 1.165) is 0 Å². The molecule has 0 bridgehead atoms. The van der Waals surface area contributed by atoms with Crippen molar-refractivity contribution in [3.8, 4) is 0 Å². The molecule has 0 heterocycles. The van der Waals surface area contributed by atoms with Crippen LogP contribution in [0.4, 0.5) is 4.79 Å². The SMILES string of the molecule is CCOC(=O)OCC[Si](OC)(OC)OC. The maximum atomic E-state index is 10.8. The van der Waals surface area contributed by atoms with Crippen LogP contribution in [0.5, 0.6) is 0 Å². The van der Waals surface area contributed by atoms with Crippen LogP contribution >= 0.6 is 0 Å². The van der Waals surface area contributed by atoms with Crippen molar-refractivity contribution in [2.75, 3.05) is 34.5 Å². The summed E-state index contributed by atoms with van der Waals surface area (Å²) >= 11 is 0. The first-order valence-electron chi connectivity index (χ1n) is 4.59. The average molecular weight is 238 g/mol. The molecule has 0 spiro atoms. The Balaban J connectivity index is 3.85. The minimum Gasteiger partial charge on any atom is -0.435 e. The molecule has 0 aliphatic rings. The van der Waals surface area contributed by atoms with Crippen LogP contribution < -0.4 is 0 Å². The lowest BCUT2D eigenvalue weighted by Gasteiger charge is -2.23. The lowest BCUT2D eigenvalue weighted by molar-refractivity contribution is 0.0559. The molecule has 0 fully saturated rings. The van der Waals surface area contributed by atoms with E-state index < -0.39 is 15.0 Å². The summed E-state index contributed by atoms with van der Waals surface area (Å²) in [5.41, 5.74) is 0. The Morgan fingerprint density at radius 2 is 1.60 bits per heavy atom. The van der Waals surface area contributed by atoms with Crippen molar-refractivity contribution < 1.29 is 27.5 Å². The molecule has 6 nitrogen and oxygen atoms in total. The molecule has 15 heavy (non-hydrogen) atoms. The molecular weight excluding hydrogens is 220 g/mol. The molecule has 0 aromatic heterocycles. The van der Waals surface area contributed by atoms with Gasteiger partial charge in [0.05, 0.1) is 19.3 Å². The van der Waals surface area contributed by atoms with Gasteiger partial charge in [0, 0.05) is 21.3 Å². The summed E-state index contributed by atoms with van der Waals surface area (Å²) in [4.78, 5) is 10.8. The van der Waals surface area contributed by atoms with Crippen LogP contribution in [-0.2, 0) is 22.8 Å². The van der Waals surface area contributed by atoms with Crippen LogP contribution in [0.3, 0.4) is 0 Å². The zero-order valence-electron chi connectivity index (χ0n) is 9.57. The van der Waals surface area contributed by atoms with Gasteiger partial charge < -0.3 is 22.8 Å². The third kappa shape index (κ3) is 5.12. The van der Waals surface area contributed by atoms with E-state index in [1.54, 1.807) is 6.92 Å². The van der Waals surface area contributed by atoms with E-state index >= 15 is 0 Å². The van der Waals surface area contributed by atoms with Gasteiger partial charge in [0.1, 0.15) is 0 Å². The summed E-state index contributed by atoms with van der Waals surface area (Å²) in [6, 6.07) is 0.398. The molecule has 0 atom stereocenters. The van der Waals surface area contributed by atoms with Gasteiger partial charge in [-0.15, -0.1) is 0 Å². The van der Waals surface area contributed by atoms with Crippen LogP contribution in [0.25, 0.3) is 0 Å². The quantitative estimate of drug-likeness (QED) is 0.488. The molecule has 90 valence electrons. The molecule has 0 N–H and O–H groups in total. The average Bonchev–Trinajstić information content (AvgIpc) is 2.25. The first-order chi connectivity index (χ1) is 7.14. The van der Waals surface area contributed by atoms with E-state index in [1.165, 1.54) is 21.3 Å². The van der Waals surface area contributed by atoms with Gasteiger partial charge in [-0.25, -0.2) is 4.79 Å². The van der Waals surface area contributed by atoms with Crippen molar-refractivity contribution in [2.24, 2.45) is 0 Å². The monoisotopic (exact) mass is 238 g/mol. The molecule has 0 aliphatic carbocycles. The summed E-state index contributed by atoms with van der Waals surface area (Å²) in [7, 11) is 1.87. The van der Waals surface area contributed by atoms with Gasteiger partial charge in [0.15, 0.2) is 0 Å². The van der Waals surface area contributed by atoms with Gasteiger partial charge in [-0.3, -0.25) is 0 Å². The smallest absolute Gasteiger partial charge is 0.435 e. The highest BCUT2D eigenvalue weighted by Gasteiger charge is 2.37. The van der Waals surface area contributed by atoms with Crippen molar-refractivity contribution in [1.29, 1.82) is 0 Å². The van der Waals surface area contributed by atoms with E-state index in [2.05, 4.69) is 4.74 Å². The Kier molecular flexibility index (Phi) is 7.31. The van der Waals surface area contributed by atoms with E-state index in [4.69, 9.17) is 18.0 Å². The fourth-order valence-electron chi connectivity index (χ4n) is 0.975. The van der Waals surface area contributed by atoms with E-state index in [1.807, 2.05) is 0 Å². The summed E-state index contributed by atoms with van der Waals surface area (Å²) in [6.45, 7) is 2.15. The van der Waals surface area contributed by atoms with E-state index in [0.29, 0.717) is 12.7 Å². The molecule has 0 aromatic carbocycles. The van der Waals surface area contributed by atoms with Gasteiger partial charge in [-0.1, -0.05) is 0 Å². The Labute approximate surface area is 90.8 Å². The molecule has 0 amide bonds. The Hall–Kier alpha value is -0.633. The standard InChI is InChI=1S/C8H18O6Si/c1-5-13-8(9)14-6-7-15(10-2,11-3)12-4/h5-7H2,1-4H3. The van der Waals surface area contributed by atoms with Crippen molar-refractivity contribution >= 4 is 15.0 Å². The highest BCUT2D eigenvalue weighted by molar-refractivity contribution is 6.60. The topological polar surface area (TPSA) is 63.2 Å². The zero-order chi connectivity index (χ0) is 11.7. The zero-order valence-corrected chi connectivity index (χ0v) is 10.6. The normalized spacial score (nSPS) is 11.2. The number of carbonyl (C=O) groups is 1. The highest BCUT2D eigenvalue weighted by atomic mass is 28.4. The molecule has 0 saturated carbocycles. The third-order valence-electron chi connectivity index (χ3n) is 1.82. The molecule has 0 rings (SSSR count). The van der Waals surface area contributed by atoms with Gasteiger partial charge >= 0.3 is 15.0 Å². The lowest BCUT2D eigenvalue weighted by atomic mass is 10.8. The van der Waals surface area contributed by atoms with Crippen molar-refractivity contribution in [1.82, 2.24) is 0 Å². The summed E-state index contributed by atoms with van der Waals surface area (Å²) in [5.74, 6) is 0. The van der Waals surface area contributed by atoms with Crippen molar-refractivity contribution in [3.05, 3.63) is 0 Å². The van der Waals surface area contributed by atoms with Crippen LogP contribution in [0, 0.1) is 0 Å². The highest BCUT2D eigenvalue weighted by Crippen LogP contribution is 2.12. The van der Waals surface area contributed by atoms with E-state index in [-0.39, 0.29) is 6.61 Å². The first-order valence-corrected chi connectivity index (χ1v) is 6.52. The molecule has 0 aliphatic heterocycles. The lowest BCUT2D eigenvalue weighted by Crippen LogP contribution is -2.43. The minimum absolute atomic E-state index is 0.153. The maximum absolute atomic E-state index is 10.8. The van der Waals surface area contributed by atoms with Gasteiger partial charge in [-0.05, 0) is 6.92 Å². The predicted octanol–water partition coefficient (Wildman–Crippen LogP) is 1.04. The van der Waals surface area contributed by atoms with Crippen molar-refractivity contribution in [3.63, 3.8) is 0 Å². The van der Waals surface area contributed by atoms with E-state index in [9.17, 15) is 4.79 Å². The molecule has 0 saturated heterocycles. The van der Waals surface area contributed by atoms with Crippen LogP contribution in [0.1, 0.15) is 6.92 Å². The molecule has 7 heteroatoms. The number of carbonyl (C=O) groups excluding carboxylic acids is 1. The third-order valence-corrected chi connectivity index (χ3v) is 4.51. The summed E-state index contributed by atoms with van der Waals surface area (Å²) in [6.07, 6.45) is -0.691. The molecule has 0 radical (unpaired) electrons. The molecule has 0 unspecified atom stereocenters. The van der Waals surface area contributed by atoms with Crippen LogP contribution in [0.2, 0.25) is 6.04 Å². The fraction of sp³-hybridized carbons (Fsp3) is 0.875. The van der Waals surface area contributed by atoms with Crippen LogP contribution in [-0.4, -0.2) is 49.5 Å². The number of rotatable bonds is 7. The Bertz CT molecular complexity index is 174. The minimum atomic E-state index is -2.64. The summed E-state index contributed by atoms with van der Waals surface area (Å²) in [5, 5.41) is 0. The fourth-order valence-corrected chi connectivity index (χ4v) is 2.44. The largest absolute Gasteiger partial charge is 0.508 e. The Morgan fingerprint density at radius 3 is 2.00 bits per heavy atom. The number of ether oxygens (including phenoxy) is 2. The van der Waals surface area contributed by atoms with Crippen LogP contribution in [0.15, 0.2) is 0 Å².